The van der Waals surface area contributed by atoms with Gasteiger partial charge in [0.25, 0.3) is 0 Å². The van der Waals surface area contributed by atoms with Gasteiger partial charge in [0, 0.05) is 19.4 Å². The van der Waals surface area contributed by atoms with Crippen molar-refractivity contribution in [3.05, 3.63) is 12.2 Å². The minimum Gasteiger partial charge on any atom is -0.469 e. The minimum absolute atomic E-state index is 0.0763. The largest absolute Gasteiger partial charge is 0.469 e. The molecule has 0 aromatic heterocycles. The fourth-order valence-corrected chi connectivity index (χ4v) is 1.62. The van der Waals surface area contributed by atoms with Crippen LogP contribution in [-0.4, -0.2) is 37.9 Å². The second kappa shape index (κ2) is 11.7. The molecule has 0 rings (SSSR count). The Morgan fingerprint density at radius 1 is 1.11 bits per heavy atom. The smallest absolute Gasteiger partial charge is 0.305 e. The van der Waals surface area contributed by atoms with Crippen molar-refractivity contribution in [2.75, 3.05) is 20.8 Å². The van der Waals surface area contributed by atoms with Gasteiger partial charge >= 0.3 is 11.9 Å². The summed E-state index contributed by atoms with van der Waals surface area (Å²) < 4.78 is 9.08. The van der Waals surface area contributed by atoms with Crippen LogP contribution in [0.3, 0.4) is 0 Å². The highest BCUT2D eigenvalue weighted by Gasteiger charge is 2.05. The van der Waals surface area contributed by atoms with Gasteiger partial charge in [0.1, 0.15) is 0 Å². The molecule has 1 N–H and O–H groups in total. The van der Waals surface area contributed by atoms with Crippen LogP contribution in [0.5, 0.6) is 0 Å². The van der Waals surface area contributed by atoms with Crippen molar-refractivity contribution < 1.29 is 24.2 Å². The van der Waals surface area contributed by atoms with Gasteiger partial charge < -0.3 is 14.6 Å². The molecule has 0 saturated carbocycles. The molecule has 0 heterocycles. The van der Waals surface area contributed by atoms with Gasteiger partial charge in [-0.1, -0.05) is 18.6 Å². The Kier molecular flexibility index (Phi) is 10.9. The van der Waals surface area contributed by atoms with Crippen LogP contribution in [0.15, 0.2) is 12.2 Å². The van der Waals surface area contributed by atoms with Crippen molar-refractivity contribution in [2.24, 2.45) is 5.92 Å². The van der Waals surface area contributed by atoms with Crippen LogP contribution < -0.4 is 0 Å². The molecule has 0 spiro atoms. The molecule has 19 heavy (non-hydrogen) atoms. The Morgan fingerprint density at radius 2 is 1.74 bits per heavy atom. The highest BCUT2D eigenvalue weighted by molar-refractivity contribution is 5.69. The first-order valence-electron chi connectivity index (χ1n) is 6.55. The zero-order valence-corrected chi connectivity index (χ0v) is 11.8. The van der Waals surface area contributed by atoms with E-state index in [0.29, 0.717) is 19.3 Å². The Labute approximate surface area is 114 Å². The number of carbonyl (C=O) groups is 2. The van der Waals surface area contributed by atoms with Gasteiger partial charge in [-0.2, -0.15) is 0 Å². The molecule has 5 nitrogen and oxygen atoms in total. The standard InChI is InChI=1S/C14H24O5/c1-18-13(16)9-5-3-7-12(11-15)8-4-6-10-14(17)19-2/h3,7,12,15H,4-6,8-11H2,1-2H3/b7-3+. The van der Waals surface area contributed by atoms with Crippen molar-refractivity contribution in [1.29, 1.82) is 0 Å². The molecule has 110 valence electrons. The van der Waals surface area contributed by atoms with Crippen molar-refractivity contribution in [1.82, 2.24) is 0 Å². The second-order valence-corrected chi connectivity index (χ2v) is 4.31. The van der Waals surface area contributed by atoms with E-state index in [1.165, 1.54) is 14.2 Å². The number of methoxy groups -OCH3 is 2. The predicted octanol–water partition coefficient (Wildman–Crippen LogP) is 1.84. The zero-order chi connectivity index (χ0) is 14.5. The molecule has 0 aliphatic carbocycles. The third-order valence-electron chi connectivity index (χ3n) is 2.82. The van der Waals surface area contributed by atoms with Crippen LogP contribution in [0, 0.1) is 5.92 Å². The van der Waals surface area contributed by atoms with E-state index >= 15 is 0 Å². The van der Waals surface area contributed by atoms with E-state index in [1.54, 1.807) is 0 Å². The number of ether oxygens (including phenoxy) is 2. The summed E-state index contributed by atoms with van der Waals surface area (Å²) in [6, 6.07) is 0. The number of hydrogen-bond donors (Lipinski definition) is 1. The van der Waals surface area contributed by atoms with Gasteiger partial charge in [-0.15, -0.1) is 0 Å². The molecule has 0 aromatic carbocycles. The van der Waals surface area contributed by atoms with Crippen LogP contribution in [0.1, 0.15) is 38.5 Å². The first kappa shape index (κ1) is 17.6. The van der Waals surface area contributed by atoms with Gasteiger partial charge in [0.15, 0.2) is 0 Å². The summed E-state index contributed by atoms with van der Waals surface area (Å²) >= 11 is 0. The molecule has 0 aliphatic rings. The lowest BCUT2D eigenvalue weighted by Crippen LogP contribution is -2.04. The number of rotatable bonds is 10. The topological polar surface area (TPSA) is 72.8 Å². The summed E-state index contributed by atoms with van der Waals surface area (Å²) in [5, 5.41) is 9.20. The number of allylic oxidation sites excluding steroid dienone is 1. The maximum Gasteiger partial charge on any atom is 0.305 e. The van der Waals surface area contributed by atoms with Crippen LogP contribution in [-0.2, 0) is 19.1 Å². The molecule has 0 radical (unpaired) electrons. The number of aliphatic hydroxyl groups is 1. The third kappa shape index (κ3) is 10.3. The van der Waals surface area contributed by atoms with Crippen LogP contribution in [0.2, 0.25) is 0 Å². The van der Waals surface area contributed by atoms with E-state index in [4.69, 9.17) is 0 Å². The summed E-state index contributed by atoms with van der Waals surface area (Å²) in [4.78, 5) is 21.8. The summed E-state index contributed by atoms with van der Waals surface area (Å²) in [5.41, 5.74) is 0. The van der Waals surface area contributed by atoms with Gasteiger partial charge in [-0.25, -0.2) is 0 Å². The van der Waals surface area contributed by atoms with E-state index in [2.05, 4.69) is 9.47 Å². The van der Waals surface area contributed by atoms with Crippen molar-refractivity contribution in [3.8, 4) is 0 Å². The van der Waals surface area contributed by atoms with E-state index < -0.39 is 0 Å². The summed E-state index contributed by atoms with van der Waals surface area (Å²) in [6.45, 7) is 0.0763. The molecule has 0 fully saturated rings. The predicted molar refractivity (Wildman–Crippen MR) is 71.4 cm³/mol. The lowest BCUT2D eigenvalue weighted by molar-refractivity contribution is -0.141. The zero-order valence-electron chi connectivity index (χ0n) is 11.8. The summed E-state index contributed by atoms with van der Waals surface area (Å²) in [7, 11) is 2.74. The van der Waals surface area contributed by atoms with E-state index in [9.17, 15) is 14.7 Å². The number of carbonyl (C=O) groups excluding carboxylic acids is 2. The molecule has 5 heteroatoms. The molecule has 1 atom stereocenters. The normalized spacial score (nSPS) is 12.4. The average Bonchev–Trinajstić information content (AvgIpc) is 2.44. The fourth-order valence-electron chi connectivity index (χ4n) is 1.62. The third-order valence-corrected chi connectivity index (χ3v) is 2.82. The van der Waals surface area contributed by atoms with Crippen LogP contribution in [0.25, 0.3) is 0 Å². The van der Waals surface area contributed by atoms with Crippen molar-refractivity contribution in [3.63, 3.8) is 0 Å². The van der Waals surface area contributed by atoms with Crippen molar-refractivity contribution >= 4 is 11.9 Å². The molecule has 0 amide bonds. The lowest BCUT2D eigenvalue weighted by atomic mass is 10.0. The maximum absolute atomic E-state index is 10.9. The first-order chi connectivity index (χ1) is 9.13. The van der Waals surface area contributed by atoms with Gasteiger partial charge in [-0.05, 0) is 25.2 Å². The number of hydrogen-bond acceptors (Lipinski definition) is 5. The quantitative estimate of drug-likeness (QED) is 0.373. The number of unbranched alkanes of at least 4 members (excludes halogenated alkanes) is 1. The molecular formula is C14H24O5. The van der Waals surface area contributed by atoms with Gasteiger partial charge in [0.05, 0.1) is 14.2 Å². The first-order valence-corrected chi connectivity index (χ1v) is 6.55. The van der Waals surface area contributed by atoms with Crippen LogP contribution in [0.4, 0.5) is 0 Å². The SMILES string of the molecule is COC(=O)CC/C=C/C(CO)CCCCC(=O)OC. The van der Waals surface area contributed by atoms with Gasteiger partial charge in [0.2, 0.25) is 0 Å². The van der Waals surface area contributed by atoms with E-state index in [-0.39, 0.29) is 24.5 Å². The Morgan fingerprint density at radius 3 is 2.32 bits per heavy atom. The van der Waals surface area contributed by atoms with Crippen molar-refractivity contribution in [2.45, 2.75) is 38.5 Å². The summed E-state index contributed by atoms with van der Waals surface area (Å²) in [5.74, 6) is -0.354. The molecule has 1 unspecified atom stereocenters. The average molecular weight is 272 g/mol. The highest BCUT2D eigenvalue weighted by atomic mass is 16.5. The van der Waals surface area contributed by atoms with E-state index in [1.807, 2.05) is 12.2 Å². The molecule has 0 aliphatic heterocycles. The highest BCUT2D eigenvalue weighted by Crippen LogP contribution is 2.12. The van der Waals surface area contributed by atoms with Gasteiger partial charge in [-0.3, -0.25) is 9.59 Å². The number of aliphatic hydroxyl groups excluding tert-OH is 1. The Balaban J connectivity index is 3.73. The molecule has 0 bridgehead atoms. The molecule has 0 aromatic rings. The second-order valence-electron chi connectivity index (χ2n) is 4.31. The molecule has 0 saturated heterocycles. The van der Waals surface area contributed by atoms with E-state index in [0.717, 1.165) is 19.3 Å². The summed E-state index contributed by atoms with van der Waals surface area (Å²) in [6.07, 6.45) is 7.64. The van der Waals surface area contributed by atoms with Crippen LogP contribution >= 0.6 is 0 Å². The Bertz CT molecular complexity index is 286. The number of esters is 2. The Hall–Kier alpha value is -1.36. The monoisotopic (exact) mass is 272 g/mol. The maximum atomic E-state index is 10.9. The minimum atomic E-state index is -0.233. The fraction of sp³-hybridized carbons (Fsp3) is 0.714. The molecular weight excluding hydrogens is 248 g/mol. The lowest BCUT2D eigenvalue weighted by Gasteiger charge is -2.08.